The summed E-state index contributed by atoms with van der Waals surface area (Å²) in [5.74, 6) is 0.837. The van der Waals surface area contributed by atoms with Gasteiger partial charge in [0.1, 0.15) is 5.75 Å². The number of nitrogens with one attached hydrogen (secondary N) is 2. The van der Waals surface area contributed by atoms with E-state index in [-0.39, 0.29) is 5.91 Å². The van der Waals surface area contributed by atoms with Crippen LogP contribution in [-0.2, 0) is 13.1 Å². The van der Waals surface area contributed by atoms with Crippen LogP contribution in [0.1, 0.15) is 47.7 Å². The minimum absolute atomic E-state index is 0.218. The van der Waals surface area contributed by atoms with Crippen LogP contribution in [0.5, 0.6) is 5.75 Å². The summed E-state index contributed by atoms with van der Waals surface area (Å²) in [6.07, 6.45) is 7.31. The van der Waals surface area contributed by atoms with Crippen molar-refractivity contribution in [3.63, 3.8) is 0 Å². The number of aromatic nitrogens is 1. The quantitative estimate of drug-likeness (QED) is 0.362. The standard InChI is InChI=1S/C28H33N5O2/c1-2-35-26-9-5-4-8-25(26)31-28(30-20-22-14-16-29-17-15-22)32-27(34)24-12-10-23(11-13-24)21-33-18-6-3-7-19-33/h4-5,8-17H,2-3,6-7,18-21H2,1H3,(H2,30,31,32,34). The molecule has 2 heterocycles. The number of piperidine rings is 1. The van der Waals surface area contributed by atoms with Crippen molar-refractivity contribution in [3.05, 3.63) is 89.7 Å². The Morgan fingerprint density at radius 1 is 0.971 bits per heavy atom. The summed E-state index contributed by atoms with van der Waals surface area (Å²) < 4.78 is 5.72. The van der Waals surface area contributed by atoms with Crippen LogP contribution in [-0.4, -0.2) is 41.4 Å². The Labute approximate surface area is 207 Å². The third-order valence-electron chi connectivity index (χ3n) is 5.91. The van der Waals surface area contributed by atoms with Crippen LogP contribution in [0.15, 0.2) is 78.0 Å². The number of carbonyl (C=O) groups excluding carboxylic acids is 1. The minimum atomic E-state index is -0.218. The van der Waals surface area contributed by atoms with Crippen molar-refractivity contribution in [3.8, 4) is 5.75 Å². The van der Waals surface area contributed by atoms with E-state index >= 15 is 0 Å². The van der Waals surface area contributed by atoms with Gasteiger partial charge in [0.15, 0.2) is 0 Å². The van der Waals surface area contributed by atoms with E-state index in [1.54, 1.807) is 12.4 Å². The lowest BCUT2D eigenvalue weighted by molar-refractivity contribution is 0.0977. The van der Waals surface area contributed by atoms with Crippen LogP contribution in [0.3, 0.4) is 0 Å². The zero-order valence-corrected chi connectivity index (χ0v) is 20.2. The van der Waals surface area contributed by atoms with Gasteiger partial charge < -0.3 is 10.1 Å². The molecule has 0 atom stereocenters. The molecule has 0 bridgehead atoms. The number of amides is 1. The van der Waals surface area contributed by atoms with Gasteiger partial charge in [-0.3, -0.25) is 20.0 Å². The normalized spacial score (nSPS) is 14.4. The largest absolute Gasteiger partial charge is 0.492 e. The molecule has 7 nitrogen and oxygen atoms in total. The second kappa shape index (κ2) is 12.7. The van der Waals surface area contributed by atoms with Gasteiger partial charge in [-0.1, -0.05) is 30.7 Å². The van der Waals surface area contributed by atoms with Gasteiger partial charge in [0.2, 0.25) is 5.96 Å². The van der Waals surface area contributed by atoms with Crippen LogP contribution >= 0.6 is 0 Å². The van der Waals surface area contributed by atoms with Crippen molar-refractivity contribution in [2.24, 2.45) is 4.99 Å². The fourth-order valence-corrected chi connectivity index (χ4v) is 4.06. The van der Waals surface area contributed by atoms with Crippen LogP contribution < -0.4 is 15.4 Å². The van der Waals surface area contributed by atoms with Gasteiger partial charge in [0.05, 0.1) is 18.8 Å². The van der Waals surface area contributed by atoms with Crippen molar-refractivity contribution in [2.75, 3.05) is 25.0 Å². The second-order valence-electron chi connectivity index (χ2n) is 8.56. The first kappa shape index (κ1) is 24.4. The highest BCUT2D eigenvalue weighted by Gasteiger charge is 2.13. The number of para-hydroxylation sites is 2. The number of nitrogens with zero attached hydrogens (tertiary/aromatic N) is 3. The molecule has 1 fully saturated rings. The van der Waals surface area contributed by atoms with Gasteiger partial charge in [0.25, 0.3) is 5.91 Å². The fraction of sp³-hybridized carbons (Fsp3) is 0.321. The first-order valence-electron chi connectivity index (χ1n) is 12.3. The number of carbonyl (C=O) groups is 1. The Bertz CT molecular complexity index is 1110. The maximum Gasteiger partial charge on any atom is 0.257 e. The van der Waals surface area contributed by atoms with Gasteiger partial charge in [-0.2, -0.15) is 0 Å². The Balaban J connectivity index is 1.47. The Hall–Kier alpha value is -3.71. The monoisotopic (exact) mass is 471 g/mol. The van der Waals surface area contributed by atoms with Gasteiger partial charge in [-0.05, 0) is 80.4 Å². The molecule has 2 aromatic carbocycles. The van der Waals surface area contributed by atoms with E-state index in [1.807, 2.05) is 67.6 Å². The molecule has 35 heavy (non-hydrogen) atoms. The maximum absolute atomic E-state index is 13.1. The summed E-state index contributed by atoms with van der Waals surface area (Å²) in [7, 11) is 0. The highest BCUT2D eigenvalue weighted by atomic mass is 16.5. The molecule has 1 amide bonds. The first-order chi connectivity index (χ1) is 17.2. The maximum atomic E-state index is 13.1. The number of aliphatic imine (C=N–C) groups is 1. The molecule has 1 saturated heterocycles. The topological polar surface area (TPSA) is 78.8 Å². The highest BCUT2D eigenvalue weighted by Crippen LogP contribution is 2.23. The Morgan fingerprint density at radius 3 is 2.46 bits per heavy atom. The lowest BCUT2D eigenvalue weighted by atomic mass is 10.1. The number of anilines is 1. The molecule has 0 radical (unpaired) electrons. The SMILES string of the molecule is CCOc1ccccc1NC(=NCc1ccncc1)NC(=O)c1ccc(CN2CCCCC2)cc1. The number of ether oxygens (including phenoxy) is 1. The lowest BCUT2D eigenvalue weighted by Crippen LogP contribution is -2.36. The van der Waals surface area contributed by atoms with Gasteiger partial charge in [-0.25, -0.2) is 4.99 Å². The van der Waals surface area contributed by atoms with E-state index in [4.69, 9.17) is 4.74 Å². The number of guanidine groups is 1. The Kier molecular flexibility index (Phi) is 8.84. The molecule has 0 unspecified atom stereocenters. The smallest absolute Gasteiger partial charge is 0.257 e. The molecule has 4 rings (SSSR count). The lowest BCUT2D eigenvalue weighted by Gasteiger charge is -2.26. The summed E-state index contributed by atoms with van der Waals surface area (Å²) in [6.45, 7) is 6.10. The molecule has 7 heteroatoms. The van der Waals surface area contributed by atoms with E-state index < -0.39 is 0 Å². The van der Waals surface area contributed by atoms with Gasteiger partial charge in [-0.15, -0.1) is 0 Å². The first-order valence-corrected chi connectivity index (χ1v) is 12.3. The number of hydrogen-bond donors (Lipinski definition) is 2. The predicted molar refractivity (Wildman–Crippen MR) is 140 cm³/mol. The highest BCUT2D eigenvalue weighted by molar-refractivity contribution is 6.10. The van der Waals surface area contributed by atoms with Crippen LogP contribution in [0, 0.1) is 0 Å². The van der Waals surface area contributed by atoms with Crippen LogP contribution in [0.2, 0.25) is 0 Å². The second-order valence-corrected chi connectivity index (χ2v) is 8.56. The molecule has 1 aliphatic rings. The summed E-state index contributed by atoms with van der Waals surface area (Å²) in [5.41, 5.74) is 3.54. The number of hydrogen-bond acceptors (Lipinski definition) is 5. The van der Waals surface area contributed by atoms with Crippen molar-refractivity contribution >= 4 is 17.6 Å². The van der Waals surface area contributed by atoms with E-state index in [0.717, 1.165) is 30.9 Å². The number of rotatable bonds is 8. The average Bonchev–Trinajstić information content (AvgIpc) is 2.90. The van der Waals surface area contributed by atoms with Crippen molar-refractivity contribution in [2.45, 2.75) is 39.3 Å². The molecule has 1 aliphatic heterocycles. The number of likely N-dealkylation sites (tertiary alicyclic amines) is 1. The summed E-state index contributed by atoms with van der Waals surface area (Å²) >= 11 is 0. The van der Waals surface area contributed by atoms with Crippen LogP contribution in [0.4, 0.5) is 5.69 Å². The molecule has 2 N–H and O–H groups in total. The zero-order chi connectivity index (χ0) is 24.3. The van der Waals surface area contributed by atoms with Crippen molar-refractivity contribution in [1.29, 1.82) is 0 Å². The minimum Gasteiger partial charge on any atom is -0.492 e. The van der Waals surface area contributed by atoms with Crippen molar-refractivity contribution in [1.82, 2.24) is 15.2 Å². The molecule has 1 aromatic heterocycles. The summed E-state index contributed by atoms with van der Waals surface area (Å²) in [5, 5.41) is 6.18. The third kappa shape index (κ3) is 7.39. The molecule has 3 aromatic rings. The predicted octanol–water partition coefficient (Wildman–Crippen LogP) is 4.86. The zero-order valence-electron chi connectivity index (χ0n) is 20.2. The van der Waals surface area contributed by atoms with E-state index in [2.05, 4.69) is 25.5 Å². The summed E-state index contributed by atoms with van der Waals surface area (Å²) in [6, 6.07) is 19.2. The van der Waals surface area contributed by atoms with E-state index in [1.165, 1.54) is 24.8 Å². The van der Waals surface area contributed by atoms with Gasteiger partial charge in [0, 0.05) is 24.5 Å². The average molecular weight is 472 g/mol. The molecule has 182 valence electrons. The molecule has 0 spiro atoms. The van der Waals surface area contributed by atoms with E-state index in [9.17, 15) is 4.79 Å². The fourth-order valence-electron chi connectivity index (χ4n) is 4.06. The number of benzene rings is 2. The molecular formula is C28H33N5O2. The Morgan fingerprint density at radius 2 is 1.71 bits per heavy atom. The molecule has 0 saturated carbocycles. The molecular weight excluding hydrogens is 438 g/mol. The number of pyridine rings is 1. The van der Waals surface area contributed by atoms with Crippen LogP contribution in [0.25, 0.3) is 0 Å². The molecule has 0 aliphatic carbocycles. The summed E-state index contributed by atoms with van der Waals surface area (Å²) in [4.78, 5) is 24.2. The van der Waals surface area contributed by atoms with Crippen molar-refractivity contribution < 1.29 is 9.53 Å². The van der Waals surface area contributed by atoms with E-state index in [0.29, 0.717) is 30.4 Å². The van der Waals surface area contributed by atoms with Gasteiger partial charge >= 0.3 is 0 Å². The third-order valence-corrected chi connectivity index (χ3v) is 5.91.